The van der Waals surface area contributed by atoms with Crippen LogP contribution in [0.2, 0.25) is 0 Å². The Labute approximate surface area is 216 Å². The molecule has 0 aliphatic carbocycles. The number of hydrogen-bond acceptors (Lipinski definition) is 7. The molecule has 38 heavy (non-hydrogen) atoms. The molecule has 196 valence electrons. The van der Waals surface area contributed by atoms with Crippen LogP contribution in [0.1, 0.15) is 48.4 Å². The fourth-order valence-electron chi connectivity index (χ4n) is 3.97. The van der Waals surface area contributed by atoms with Gasteiger partial charge in [0.2, 0.25) is 5.89 Å². The van der Waals surface area contributed by atoms with Gasteiger partial charge in [-0.15, -0.1) is 0 Å². The van der Waals surface area contributed by atoms with E-state index in [1.807, 2.05) is 52.0 Å². The van der Waals surface area contributed by atoms with Gasteiger partial charge in [-0.1, -0.05) is 38.1 Å². The summed E-state index contributed by atoms with van der Waals surface area (Å²) in [6.45, 7) is 7.57. The molecule has 0 unspecified atom stereocenters. The van der Waals surface area contributed by atoms with Crippen LogP contribution in [0.5, 0.6) is 0 Å². The second-order valence-electron chi connectivity index (χ2n) is 9.98. The average molecular weight is 521 g/mol. The number of hydrogen-bond donors (Lipinski definition) is 1. The molecule has 5 aromatic rings. The van der Waals surface area contributed by atoms with Crippen LogP contribution in [0, 0.1) is 6.92 Å². The highest BCUT2D eigenvalue weighted by Crippen LogP contribution is 2.28. The molecular weight excluding hydrogens is 494 g/mol. The third kappa shape index (κ3) is 5.15. The number of nitrogens with zero attached hydrogens (tertiary/aromatic N) is 7. The van der Waals surface area contributed by atoms with Crippen LogP contribution < -0.4 is 5.32 Å². The lowest BCUT2D eigenvalue weighted by Crippen LogP contribution is -2.24. The molecule has 5 rings (SSSR count). The maximum Gasteiger partial charge on any atom is 0.292 e. The van der Waals surface area contributed by atoms with Crippen LogP contribution in [0.3, 0.4) is 0 Å². The van der Waals surface area contributed by atoms with Crippen molar-refractivity contribution in [2.45, 2.75) is 52.6 Å². The maximum absolute atomic E-state index is 12.7. The monoisotopic (exact) mass is 520 g/mol. The summed E-state index contributed by atoms with van der Waals surface area (Å²) < 4.78 is 33.5. The zero-order valence-electron chi connectivity index (χ0n) is 21.3. The summed E-state index contributed by atoms with van der Waals surface area (Å²) in [5.41, 5.74) is 5.17. The van der Waals surface area contributed by atoms with Crippen molar-refractivity contribution in [3.63, 3.8) is 0 Å². The molecule has 1 amide bonds. The number of carbonyl (C=O) groups excluding carboxylic acids is 1. The average Bonchev–Trinajstić information content (AvgIpc) is 3.61. The molecular formula is C26H26F2N8O2. The van der Waals surface area contributed by atoms with Crippen molar-refractivity contribution >= 4 is 11.4 Å². The first-order valence-electron chi connectivity index (χ1n) is 12.0. The Bertz CT molecular complexity index is 1610. The zero-order chi connectivity index (χ0) is 27.0. The lowest BCUT2D eigenvalue weighted by atomic mass is 9.97. The normalized spacial score (nSPS) is 12.0. The van der Waals surface area contributed by atoms with Crippen LogP contribution in [-0.4, -0.2) is 46.9 Å². The first-order valence-corrected chi connectivity index (χ1v) is 12.0. The summed E-state index contributed by atoms with van der Waals surface area (Å²) in [6, 6.07) is 9.41. The topological polar surface area (TPSA) is 116 Å². The van der Waals surface area contributed by atoms with E-state index in [4.69, 9.17) is 4.52 Å². The zero-order valence-corrected chi connectivity index (χ0v) is 21.3. The number of halogens is 2. The molecule has 0 atom stereocenters. The van der Waals surface area contributed by atoms with Gasteiger partial charge in [-0.25, -0.2) is 18.3 Å². The van der Waals surface area contributed by atoms with E-state index in [2.05, 4.69) is 30.6 Å². The molecule has 1 N–H and O–H groups in total. The number of benzene rings is 1. The molecule has 0 spiro atoms. The van der Waals surface area contributed by atoms with Gasteiger partial charge in [0.25, 0.3) is 18.2 Å². The van der Waals surface area contributed by atoms with Crippen LogP contribution in [-0.2, 0) is 18.5 Å². The number of alkyl halides is 2. The van der Waals surface area contributed by atoms with E-state index in [0.29, 0.717) is 23.8 Å². The van der Waals surface area contributed by atoms with Crippen molar-refractivity contribution in [2.24, 2.45) is 0 Å². The van der Waals surface area contributed by atoms with E-state index in [0.717, 1.165) is 27.8 Å². The van der Waals surface area contributed by atoms with E-state index < -0.39 is 18.9 Å². The van der Waals surface area contributed by atoms with Gasteiger partial charge in [0.1, 0.15) is 12.9 Å². The van der Waals surface area contributed by atoms with Gasteiger partial charge in [-0.2, -0.15) is 15.2 Å². The minimum absolute atomic E-state index is 0.00403. The molecule has 0 saturated heterocycles. The van der Waals surface area contributed by atoms with Gasteiger partial charge in [0, 0.05) is 35.5 Å². The number of nitrogens with one attached hydrogen (secondary N) is 1. The summed E-state index contributed by atoms with van der Waals surface area (Å²) in [5, 5.41) is 15.1. The minimum Gasteiger partial charge on any atom is -0.345 e. The number of aryl methyl sites for hydroxylation is 1. The van der Waals surface area contributed by atoms with E-state index >= 15 is 0 Å². The molecule has 0 radical (unpaired) electrons. The van der Waals surface area contributed by atoms with Gasteiger partial charge < -0.3 is 9.84 Å². The first-order chi connectivity index (χ1) is 18.1. The molecule has 0 fully saturated rings. The Balaban J connectivity index is 1.34. The Kier molecular flexibility index (Phi) is 6.47. The third-order valence-electron chi connectivity index (χ3n) is 5.99. The largest absolute Gasteiger partial charge is 0.345 e. The quantitative estimate of drug-likeness (QED) is 0.337. The minimum atomic E-state index is -2.48. The van der Waals surface area contributed by atoms with E-state index in [-0.39, 0.29) is 11.2 Å². The van der Waals surface area contributed by atoms with E-state index in [1.54, 1.807) is 16.8 Å². The molecule has 1 aromatic carbocycles. The molecule has 4 aromatic heterocycles. The molecule has 0 saturated carbocycles. The Hall–Kier alpha value is -4.48. The number of rotatable bonds is 7. The summed E-state index contributed by atoms with van der Waals surface area (Å²) in [5.74, 6) is -0.0213. The highest BCUT2D eigenvalue weighted by molar-refractivity contribution is 5.90. The Morgan fingerprint density at radius 2 is 1.97 bits per heavy atom. The third-order valence-corrected chi connectivity index (χ3v) is 5.99. The smallest absolute Gasteiger partial charge is 0.292 e. The van der Waals surface area contributed by atoms with Crippen molar-refractivity contribution in [1.29, 1.82) is 0 Å². The summed E-state index contributed by atoms with van der Waals surface area (Å²) >= 11 is 0. The van der Waals surface area contributed by atoms with Gasteiger partial charge in [-0.3, -0.25) is 9.48 Å². The highest BCUT2D eigenvalue weighted by Gasteiger charge is 2.24. The van der Waals surface area contributed by atoms with Crippen molar-refractivity contribution in [3.05, 3.63) is 71.9 Å². The van der Waals surface area contributed by atoms with Crippen molar-refractivity contribution in [2.75, 3.05) is 0 Å². The van der Waals surface area contributed by atoms with Crippen molar-refractivity contribution in [1.82, 2.24) is 39.8 Å². The Morgan fingerprint density at radius 3 is 2.68 bits per heavy atom. The number of fused-ring (bicyclic) bond motifs is 1. The molecule has 0 aliphatic rings. The number of aromatic nitrogens is 7. The van der Waals surface area contributed by atoms with E-state index in [9.17, 15) is 13.6 Å². The fraction of sp³-hybridized carbons (Fsp3) is 0.308. The number of carbonyl (C=O) groups is 1. The first kappa shape index (κ1) is 25.2. The van der Waals surface area contributed by atoms with Crippen LogP contribution >= 0.6 is 0 Å². The lowest BCUT2D eigenvalue weighted by molar-refractivity contribution is 0.0937. The summed E-state index contributed by atoms with van der Waals surface area (Å²) in [6.07, 6.45) is 2.30. The summed E-state index contributed by atoms with van der Waals surface area (Å²) in [7, 11) is 0. The van der Waals surface area contributed by atoms with Gasteiger partial charge in [-0.05, 0) is 36.2 Å². The predicted molar refractivity (Wildman–Crippen MR) is 135 cm³/mol. The van der Waals surface area contributed by atoms with Gasteiger partial charge in [0.15, 0.2) is 0 Å². The predicted octanol–water partition coefficient (Wildman–Crippen LogP) is 4.44. The van der Waals surface area contributed by atoms with Gasteiger partial charge >= 0.3 is 0 Å². The van der Waals surface area contributed by atoms with Crippen molar-refractivity contribution < 1.29 is 18.1 Å². The molecule has 0 aliphatic heterocycles. The maximum atomic E-state index is 12.7. The van der Waals surface area contributed by atoms with Crippen LogP contribution in [0.15, 0.2) is 53.6 Å². The van der Waals surface area contributed by atoms with Crippen LogP contribution in [0.25, 0.3) is 28.0 Å². The standard InChI is InChI=1S/C26H26F2N8O2/c1-15-9-16(5-6-17(15)11-29-24(37)23-32-25(38-34-23)26(2,3)4)22-20-10-18(12-36(20)31-14-30-22)19-7-8-35(33-19)13-21(27)28/h5-10,12,14,21H,11,13H2,1-4H3,(H,29,37). The SMILES string of the molecule is Cc1cc(-c2ncnn3cc(-c4ccn(CC(F)F)n4)cc23)ccc1CNC(=O)c1noc(C(C)(C)C)n1. The Morgan fingerprint density at radius 1 is 1.16 bits per heavy atom. The molecule has 12 heteroatoms. The molecule has 10 nitrogen and oxygen atoms in total. The van der Waals surface area contributed by atoms with Gasteiger partial charge in [0.05, 0.1) is 16.9 Å². The summed E-state index contributed by atoms with van der Waals surface area (Å²) in [4.78, 5) is 21.2. The van der Waals surface area contributed by atoms with Crippen molar-refractivity contribution in [3.8, 4) is 22.5 Å². The second kappa shape index (κ2) is 9.77. The highest BCUT2D eigenvalue weighted by atomic mass is 19.3. The second-order valence-corrected chi connectivity index (χ2v) is 9.98. The molecule has 0 bridgehead atoms. The number of amides is 1. The van der Waals surface area contributed by atoms with Crippen LogP contribution in [0.4, 0.5) is 8.78 Å². The molecule has 4 heterocycles. The van der Waals surface area contributed by atoms with E-state index in [1.165, 1.54) is 17.2 Å². The fourth-order valence-corrected chi connectivity index (χ4v) is 3.97. The lowest BCUT2D eigenvalue weighted by Gasteiger charge is -2.10.